The van der Waals surface area contributed by atoms with E-state index >= 15 is 0 Å². The maximum absolute atomic E-state index is 12.0. The number of hydrogen-bond donors (Lipinski definition) is 1. The molecule has 0 aromatic carbocycles. The Morgan fingerprint density at radius 2 is 1.85 bits per heavy atom. The summed E-state index contributed by atoms with van der Waals surface area (Å²) < 4.78 is 0. The summed E-state index contributed by atoms with van der Waals surface area (Å²) in [7, 11) is 0. The average molecular weight is 360 g/mol. The Morgan fingerprint density at radius 3 is 2.58 bits per heavy atom. The second-order valence-electron chi connectivity index (χ2n) is 11.1. The van der Waals surface area contributed by atoms with Crippen molar-refractivity contribution in [3.05, 3.63) is 0 Å². The summed E-state index contributed by atoms with van der Waals surface area (Å²) >= 11 is 0. The van der Waals surface area contributed by atoms with E-state index in [1.807, 2.05) is 0 Å². The van der Waals surface area contributed by atoms with Gasteiger partial charge in [-0.25, -0.2) is 0 Å². The monoisotopic (exact) mass is 359 g/mol. The molecule has 4 fully saturated rings. The number of carbonyl (C=O) groups is 1. The van der Waals surface area contributed by atoms with Gasteiger partial charge in [0.2, 0.25) is 5.91 Å². The second kappa shape index (κ2) is 6.52. The molecule has 3 unspecified atom stereocenters. The van der Waals surface area contributed by atoms with Gasteiger partial charge in [0.05, 0.1) is 0 Å². The molecule has 148 valence electrons. The summed E-state index contributed by atoms with van der Waals surface area (Å²) in [6.07, 6.45) is 11.6. The Labute approximate surface area is 161 Å². The van der Waals surface area contributed by atoms with E-state index in [0.717, 1.165) is 48.3 Å². The van der Waals surface area contributed by atoms with Gasteiger partial charge in [0, 0.05) is 12.5 Å². The van der Waals surface area contributed by atoms with Crippen LogP contribution in [0.2, 0.25) is 0 Å². The lowest BCUT2D eigenvalue weighted by Gasteiger charge is -2.62. The first kappa shape index (κ1) is 18.8. The molecule has 26 heavy (non-hydrogen) atoms. The van der Waals surface area contributed by atoms with Gasteiger partial charge < -0.3 is 5.32 Å². The first-order valence-corrected chi connectivity index (χ1v) is 11.6. The summed E-state index contributed by atoms with van der Waals surface area (Å²) in [5, 5.41) is 3.40. The number of piperidine rings is 1. The summed E-state index contributed by atoms with van der Waals surface area (Å²) in [6.45, 7) is 12.6. The summed E-state index contributed by atoms with van der Waals surface area (Å²) in [5.74, 6) is 5.55. The maximum atomic E-state index is 12.0. The van der Waals surface area contributed by atoms with E-state index in [0.29, 0.717) is 22.8 Å². The largest absolute Gasteiger partial charge is 0.353 e. The highest BCUT2D eigenvalue weighted by atomic mass is 16.1. The fourth-order valence-electron chi connectivity index (χ4n) is 8.68. The van der Waals surface area contributed by atoms with Gasteiger partial charge in [0.25, 0.3) is 0 Å². The molecule has 1 amide bonds. The number of amides is 1. The molecule has 4 aliphatic rings. The fourth-order valence-corrected chi connectivity index (χ4v) is 8.68. The zero-order valence-corrected chi connectivity index (χ0v) is 17.8. The van der Waals surface area contributed by atoms with Crippen LogP contribution in [0.25, 0.3) is 0 Å². The van der Waals surface area contributed by atoms with Crippen molar-refractivity contribution in [3.8, 4) is 0 Å². The minimum Gasteiger partial charge on any atom is -0.353 e. The lowest BCUT2D eigenvalue weighted by molar-refractivity contribution is -0.144. The molecule has 0 aromatic rings. The molecule has 3 saturated carbocycles. The minimum absolute atomic E-state index is 0.299. The van der Waals surface area contributed by atoms with Gasteiger partial charge in [-0.05, 0) is 84.9 Å². The molecule has 1 heterocycles. The standard InChI is InChI=1S/C24H41NO/c1-6-7-15(2)17-8-9-18-22-16(3)14-20-24(5,13-11-21(26)25-20)19(22)10-12-23(17,18)4/h15-20,22H,6-14H2,1-5H3,(H,25,26)/t15?,16?,17-,18+,19+,20?,22+,23-,24-/m1/s1. The first-order valence-electron chi connectivity index (χ1n) is 11.6. The van der Waals surface area contributed by atoms with Crippen molar-refractivity contribution >= 4 is 5.91 Å². The Morgan fingerprint density at radius 1 is 1.12 bits per heavy atom. The lowest BCUT2D eigenvalue weighted by atomic mass is 9.44. The Hall–Kier alpha value is -0.530. The van der Waals surface area contributed by atoms with Gasteiger partial charge in [0.15, 0.2) is 0 Å². The Balaban J connectivity index is 1.61. The molecule has 0 radical (unpaired) electrons. The van der Waals surface area contributed by atoms with Crippen LogP contribution in [0.5, 0.6) is 0 Å². The van der Waals surface area contributed by atoms with Gasteiger partial charge in [-0.2, -0.15) is 0 Å². The van der Waals surface area contributed by atoms with Crippen molar-refractivity contribution < 1.29 is 4.79 Å². The Bertz CT molecular complexity index is 558. The average Bonchev–Trinajstić information content (AvgIpc) is 2.94. The molecule has 0 spiro atoms. The number of fused-ring (bicyclic) bond motifs is 5. The molecular formula is C24H41NO. The van der Waals surface area contributed by atoms with E-state index in [1.165, 1.54) is 44.9 Å². The van der Waals surface area contributed by atoms with E-state index in [1.54, 1.807) is 0 Å². The molecule has 4 rings (SSSR count). The predicted octanol–water partition coefficient (Wildman–Crippen LogP) is 5.81. The molecule has 1 aliphatic heterocycles. The van der Waals surface area contributed by atoms with Gasteiger partial charge >= 0.3 is 0 Å². The summed E-state index contributed by atoms with van der Waals surface area (Å²) in [5.41, 5.74) is 0.921. The normalized spacial score (nSPS) is 51.8. The highest BCUT2D eigenvalue weighted by Gasteiger charge is 2.62. The van der Waals surface area contributed by atoms with Crippen molar-refractivity contribution in [3.63, 3.8) is 0 Å². The van der Waals surface area contributed by atoms with E-state index in [2.05, 4.69) is 39.9 Å². The third kappa shape index (κ3) is 2.60. The number of rotatable bonds is 3. The van der Waals surface area contributed by atoms with E-state index < -0.39 is 0 Å². The van der Waals surface area contributed by atoms with Gasteiger partial charge in [-0.3, -0.25) is 4.79 Å². The van der Waals surface area contributed by atoms with Crippen molar-refractivity contribution in [2.45, 2.75) is 98.4 Å². The molecule has 1 N–H and O–H groups in total. The van der Waals surface area contributed by atoms with Crippen molar-refractivity contribution in [1.29, 1.82) is 0 Å². The van der Waals surface area contributed by atoms with Crippen LogP contribution in [-0.2, 0) is 4.79 Å². The van der Waals surface area contributed by atoms with Crippen molar-refractivity contribution in [1.82, 2.24) is 5.32 Å². The molecule has 9 atom stereocenters. The van der Waals surface area contributed by atoms with E-state index in [4.69, 9.17) is 0 Å². The van der Waals surface area contributed by atoms with Crippen molar-refractivity contribution in [2.24, 2.45) is 46.3 Å². The van der Waals surface area contributed by atoms with Gasteiger partial charge in [0.1, 0.15) is 0 Å². The Kier molecular flexibility index (Phi) is 4.72. The topological polar surface area (TPSA) is 29.1 Å². The number of hydrogen-bond acceptors (Lipinski definition) is 1. The molecule has 1 saturated heterocycles. The highest BCUT2D eigenvalue weighted by molar-refractivity contribution is 5.77. The summed E-state index contributed by atoms with van der Waals surface area (Å²) in [4.78, 5) is 12.0. The number of carbonyl (C=O) groups excluding carboxylic acids is 1. The van der Waals surface area contributed by atoms with Crippen LogP contribution in [0.15, 0.2) is 0 Å². The predicted molar refractivity (Wildman–Crippen MR) is 108 cm³/mol. The minimum atomic E-state index is 0.299. The molecule has 0 aromatic heterocycles. The van der Waals surface area contributed by atoms with Gasteiger partial charge in [-0.1, -0.05) is 47.5 Å². The highest BCUT2D eigenvalue weighted by Crippen LogP contribution is 2.67. The fraction of sp³-hybridized carbons (Fsp3) is 0.958. The zero-order valence-electron chi connectivity index (χ0n) is 17.8. The van der Waals surface area contributed by atoms with E-state index in [9.17, 15) is 4.79 Å². The van der Waals surface area contributed by atoms with Crippen LogP contribution in [0.3, 0.4) is 0 Å². The van der Waals surface area contributed by atoms with Crippen LogP contribution in [0.1, 0.15) is 92.4 Å². The van der Waals surface area contributed by atoms with Crippen LogP contribution in [-0.4, -0.2) is 11.9 Å². The molecular weight excluding hydrogens is 318 g/mol. The second-order valence-corrected chi connectivity index (χ2v) is 11.1. The van der Waals surface area contributed by atoms with Crippen LogP contribution in [0.4, 0.5) is 0 Å². The number of nitrogens with one attached hydrogen (secondary N) is 1. The molecule has 2 nitrogen and oxygen atoms in total. The first-order chi connectivity index (χ1) is 12.3. The lowest BCUT2D eigenvalue weighted by Crippen LogP contribution is -2.63. The van der Waals surface area contributed by atoms with Crippen molar-refractivity contribution in [2.75, 3.05) is 0 Å². The quantitative estimate of drug-likeness (QED) is 0.677. The molecule has 2 heteroatoms. The molecule has 0 bridgehead atoms. The third-order valence-corrected chi connectivity index (χ3v) is 9.97. The maximum Gasteiger partial charge on any atom is 0.220 e. The van der Waals surface area contributed by atoms with Crippen LogP contribution >= 0.6 is 0 Å². The summed E-state index contributed by atoms with van der Waals surface area (Å²) in [6, 6.07) is 0.431. The smallest absolute Gasteiger partial charge is 0.220 e. The van der Waals surface area contributed by atoms with Gasteiger partial charge in [-0.15, -0.1) is 0 Å². The molecule has 3 aliphatic carbocycles. The van der Waals surface area contributed by atoms with Crippen LogP contribution in [0, 0.1) is 46.3 Å². The SMILES string of the molecule is CCCC(C)[C@H]1CC[C@H]2[C@@H]3C(C)CC4NC(=O)CC[C@]4(C)[C@H]3CC[C@]12C. The zero-order chi connectivity index (χ0) is 18.7. The van der Waals surface area contributed by atoms with E-state index in [-0.39, 0.29) is 0 Å². The van der Waals surface area contributed by atoms with Crippen LogP contribution < -0.4 is 5.32 Å². The third-order valence-electron chi connectivity index (χ3n) is 9.97.